The van der Waals surface area contributed by atoms with Crippen LogP contribution in [0.2, 0.25) is 5.02 Å². The van der Waals surface area contributed by atoms with Gasteiger partial charge in [0.05, 0.1) is 18.8 Å². The van der Waals surface area contributed by atoms with Gasteiger partial charge in [-0.05, 0) is 51.1 Å². The Hall–Kier alpha value is -0.570. The quantitative estimate of drug-likeness (QED) is 0.854. The molecule has 90 valence electrons. The Morgan fingerprint density at radius 3 is 2.62 bits per heavy atom. The van der Waals surface area contributed by atoms with Crippen LogP contribution < -0.4 is 5.32 Å². The van der Waals surface area contributed by atoms with Gasteiger partial charge in [-0.15, -0.1) is 0 Å². The lowest BCUT2D eigenvalue weighted by Crippen LogP contribution is -2.24. The maximum Gasteiger partial charge on any atom is 0.0664 e. The van der Waals surface area contributed by atoms with Crippen LogP contribution in [-0.4, -0.2) is 19.8 Å². The lowest BCUT2D eigenvalue weighted by Gasteiger charge is -2.20. The van der Waals surface area contributed by atoms with E-state index in [1.54, 1.807) is 0 Å². The van der Waals surface area contributed by atoms with E-state index < -0.39 is 0 Å². The van der Waals surface area contributed by atoms with Crippen LogP contribution in [0.15, 0.2) is 18.2 Å². The van der Waals surface area contributed by atoms with Gasteiger partial charge in [-0.2, -0.15) is 0 Å². The first-order valence-corrected chi connectivity index (χ1v) is 5.97. The molecule has 1 N–H and O–H groups in total. The third-order valence-electron chi connectivity index (χ3n) is 2.56. The van der Waals surface area contributed by atoms with Crippen LogP contribution in [0.3, 0.4) is 0 Å². The molecule has 0 saturated heterocycles. The highest BCUT2D eigenvalue weighted by molar-refractivity contribution is 6.30. The minimum atomic E-state index is 0.195. The van der Waals surface area contributed by atoms with Crippen molar-refractivity contribution in [3.63, 3.8) is 0 Å². The molecule has 0 bridgehead atoms. The van der Waals surface area contributed by atoms with Crippen molar-refractivity contribution >= 4 is 11.6 Å². The molecule has 1 rings (SSSR count). The summed E-state index contributed by atoms with van der Waals surface area (Å²) in [5, 5.41) is 4.03. The second-order valence-corrected chi connectivity index (χ2v) is 4.66. The number of hydrogen-bond donors (Lipinski definition) is 1. The Balaban J connectivity index is 2.81. The van der Waals surface area contributed by atoms with Crippen LogP contribution in [0.25, 0.3) is 0 Å². The van der Waals surface area contributed by atoms with Crippen LogP contribution in [0.4, 0.5) is 0 Å². The summed E-state index contributed by atoms with van der Waals surface area (Å²) in [7, 11) is 1.94. The van der Waals surface area contributed by atoms with Gasteiger partial charge < -0.3 is 10.1 Å². The van der Waals surface area contributed by atoms with Crippen LogP contribution >= 0.6 is 11.6 Å². The average Bonchev–Trinajstić information content (AvgIpc) is 2.23. The monoisotopic (exact) mass is 241 g/mol. The summed E-state index contributed by atoms with van der Waals surface area (Å²) in [6.45, 7) is 6.83. The summed E-state index contributed by atoms with van der Waals surface area (Å²) in [6.07, 6.45) is 0.246. The van der Waals surface area contributed by atoms with Crippen LogP contribution in [-0.2, 0) is 4.74 Å². The Kier molecular flexibility index (Phi) is 5.26. The first-order valence-electron chi connectivity index (χ1n) is 5.59. The zero-order valence-corrected chi connectivity index (χ0v) is 11.1. The van der Waals surface area contributed by atoms with E-state index >= 15 is 0 Å². The Morgan fingerprint density at radius 1 is 1.38 bits per heavy atom. The number of ether oxygens (including phenoxy) is 1. The topological polar surface area (TPSA) is 21.3 Å². The summed E-state index contributed by atoms with van der Waals surface area (Å²) < 4.78 is 5.64. The molecule has 0 aliphatic rings. The SMILES string of the molecule is CNC(COC(C)C)c1cc(Cl)ccc1C. The molecule has 0 spiro atoms. The Morgan fingerprint density at radius 2 is 2.06 bits per heavy atom. The number of hydrogen-bond acceptors (Lipinski definition) is 2. The first-order chi connectivity index (χ1) is 7.54. The van der Waals surface area contributed by atoms with Gasteiger partial charge in [-0.1, -0.05) is 17.7 Å². The molecule has 1 atom stereocenters. The molecule has 3 heteroatoms. The third-order valence-corrected chi connectivity index (χ3v) is 2.80. The van der Waals surface area contributed by atoms with E-state index in [1.807, 2.05) is 39.1 Å². The van der Waals surface area contributed by atoms with E-state index in [0.717, 1.165) is 5.02 Å². The van der Waals surface area contributed by atoms with E-state index in [-0.39, 0.29) is 12.1 Å². The van der Waals surface area contributed by atoms with E-state index in [0.29, 0.717) is 6.61 Å². The van der Waals surface area contributed by atoms with Gasteiger partial charge in [0.25, 0.3) is 0 Å². The van der Waals surface area contributed by atoms with Gasteiger partial charge in [-0.25, -0.2) is 0 Å². The number of rotatable bonds is 5. The number of likely N-dealkylation sites (N-methyl/N-ethyl adjacent to an activating group) is 1. The van der Waals surface area contributed by atoms with Crippen LogP contribution in [0.5, 0.6) is 0 Å². The third kappa shape index (κ3) is 3.78. The molecule has 0 saturated carbocycles. The normalized spacial score (nSPS) is 13.1. The fourth-order valence-electron chi connectivity index (χ4n) is 1.60. The second-order valence-electron chi connectivity index (χ2n) is 4.22. The molecular weight excluding hydrogens is 222 g/mol. The van der Waals surface area contributed by atoms with Gasteiger partial charge in [0, 0.05) is 5.02 Å². The molecule has 0 aliphatic heterocycles. The molecule has 1 aromatic carbocycles. The largest absolute Gasteiger partial charge is 0.377 e. The maximum atomic E-state index is 6.01. The van der Waals surface area contributed by atoms with Gasteiger partial charge >= 0.3 is 0 Å². The molecule has 0 heterocycles. The van der Waals surface area contributed by atoms with Crippen molar-refractivity contribution in [3.8, 4) is 0 Å². The van der Waals surface area contributed by atoms with Crippen molar-refractivity contribution in [2.75, 3.05) is 13.7 Å². The molecule has 0 aliphatic carbocycles. The molecule has 0 fully saturated rings. The fourth-order valence-corrected chi connectivity index (χ4v) is 1.78. The first kappa shape index (κ1) is 13.5. The number of benzene rings is 1. The summed E-state index contributed by atoms with van der Waals surface area (Å²) in [4.78, 5) is 0. The summed E-state index contributed by atoms with van der Waals surface area (Å²) in [5.41, 5.74) is 2.44. The Labute approximate surface area is 103 Å². The molecular formula is C13H20ClNO. The van der Waals surface area contributed by atoms with E-state index in [2.05, 4.69) is 12.2 Å². The number of nitrogens with one attached hydrogen (secondary N) is 1. The van der Waals surface area contributed by atoms with Crippen LogP contribution in [0, 0.1) is 6.92 Å². The fraction of sp³-hybridized carbons (Fsp3) is 0.538. The summed E-state index contributed by atoms with van der Waals surface area (Å²) in [5.74, 6) is 0. The van der Waals surface area contributed by atoms with Gasteiger partial charge in [0.1, 0.15) is 0 Å². The average molecular weight is 242 g/mol. The van der Waals surface area contributed by atoms with Crippen molar-refractivity contribution < 1.29 is 4.74 Å². The molecule has 0 amide bonds. The van der Waals surface area contributed by atoms with Crippen molar-refractivity contribution in [1.29, 1.82) is 0 Å². The summed E-state index contributed by atoms with van der Waals surface area (Å²) in [6, 6.07) is 6.15. The summed E-state index contributed by atoms with van der Waals surface area (Å²) >= 11 is 6.01. The second kappa shape index (κ2) is 6.24. The maximum absolute atomic E-state index is 6.01. The lowest BCUT2D eigenvalue weighted by atomic mass is 10.0. The Bertz CT molecular complexity index is 339. The van der Waals surface area contributed by atoms with Gasteiger partial charge in [0.2, 0.25) is 0 Å². The molecule has 0 radical (unpaired) electrons. The standard InChI is InChI=1S/C13H20ClNO/c1-9(2)16-8-13(15-4)12-7-11(14)6-5-10(12)3/h5-7,9,13,15H,8H2,1-4H3. The van der Waals surface area contributed by atoms with Crippen LogP contribution in [0.1, 0.15) is 31.0 Å². The van der Waals surface area contributed by atoms with Crippen molar-refractivity contribution in [3.05, 3.63) is 34.3 Å². The molecule has 16 heavy (non-hydrogen) atoms. The number of aryl methyl sites for hydroxylation is 1. The predicted octanol–water partition coefficient (Wildman–Crippen LogP) is 3.33. The van der Waals surface area contributed by atoms with Gasteiger partial charge in [-0.3, -0.25) is 0 Å². The minimum Gasteiger partial charge on any atom is -0.377 e. The molecule has 0 aromatic heterocycles. The molecule has 1 aromatic rings. The van der Waals surface area contributed by atoms with Crippen molar-refractivity contribution in [2.45, 2.75) is 32.9 Å². The van der Waals surface area contributed by atoms with Gasteiger partial charge in [0.15, 0.2) is 0 Å². The smallest absolute Gasteiger partial charge is 0.0664 e. The number of halogens is 1. The predicted molar refractivity (Wildman–Crippen MR) is 69.1 cm³/mol. The van der Waals surface area contributed by atoms with Crippen molar-refractivity contribution in [2.24, 2.45) is 0 Å². The molecule has 2 nitrogen and oxygen atoms in total. The zero-order chi connectivity index (χ0) is 12.1. The highest BCUT2D eigenvalue weighted by Crippen LogP contribution is 2.22. The highest BCUT2D eigenvalue weighted by atomic mass is 35.5. The minimum absolute atomic E-state index is 0.195. The van der Waals surface area contributed by atoms with E-state index in [4.69, 9.17) is 16.3 Å². The zero-order valence-electron chi connectivity index (χ0n) is 10.4. The van der Waals surface area contributed by atoms with E-state index in [9.17, 15) is 0 Å². The van der Waals surface area contributed by atoms with E-state index in [1.165, 1.54) is 11.1 Å². The lowest BCUT2D eigenvalue weighted by molar-refractivity contribution is 0.0625. The highest BCUT2D eigenvalue weighted by Gasteiger charge is 2.13. The van der Waals surface area contributed by atoms with Crippen molar-refractivity contribution in [1.82, 2.24) is 5.32 Å². The molecule has 1 unspecified atom stereocenters.